The van der Waals surface area contributed by atoms with Gasteiger partial charge in [-0.05, 0) is 12.5 Å². The number of aliphatic carboxylic acids is 1. The fourth-order valence-corrected chi connectivity index (χ4v) is 2.13. The molecule has 0 bridgehead atoms. The molecular formula is C12H19N3O3. The van der Waals surface area contributed by atoms with E-state index in [4.69, 9.17) is 9.84 Å². The minimum atomic E-state index is -0.801. The predicted octanol–water partition coefficient (Wildman–Crippen LogP) is 0.367. The first kappa shape index (κ1) is 13.0. The van der Waals surface area contributed by atoms with Crippen LogP contribution in [0.25, 0.3) is 0 Å². The first-order chi connectivity index (χ1) is 8.63. The zero-order chi connectivity index (χ0) is 13.0. The zero-order valence-electron chi connectivity index (χ0n) is 10.6. The molecule has 1 fully saturated rings. The van der Waals surface area contributed by atoms with Gasteiger partial charge in [-0.1, -0.05) is 0 Å². The highest BCUT2D eigenvalue weighted by Crippen LogP contribution is 2.08. The fourth-order valence-electron chi connectivity index (χ4n) is 2.13. The molecule has 1 aliphatic heterocycles. The van der Waals surface area contributed by atoms with Crippen molar-refractivity contribution in [1.82, 2.24) is 14.7 Å². The molecule has 0 aromatic carbocycles. The van der Waals surface area contributed by atoms with Crippen LogP contribution in [-0.4, -0.2) is 58.1 Å². The molecular weight excluding hydrogens is 234 g/mol. The number of aromatic nitrogens is 2. The van der Waals surface area contributed by atoms with Crippen molar-refractivity contribution in [3.05, 3.63) is 18.0 Å². The van der Waals surface area contributed by atoms with Crippen molar-refractivity contribution in [1.29, 1.82) is 0 Å². The molecule has 1 aromatic heterocycles. The topological polar surface area (TPSA) is 67.6 Å². The van der Waals surface area contributed by atoms with Crippen molar-refractivity contribution in [3.8, 4) is 0 Å². The highest BCUT2D eigenvalue weighted by Gasteiger charge is 2.22. The van der Waals surface area contributed by atoms with Gasteiger partial charge < -0.3 is 9.84 Å². The van der Waals surface area contributed by atoms with Gasteiger partial charge in [-0.15, -0.1) is 0 Å². The molecule has 2 heterocycles. The molecule has 0 radical (unpaired) electrons. The Morgan fingerprint density at radius 3 is 3.11 bits per heavy atom. The van der Waals surface area contributed by atoms with Gasteiger partial charge >= 0.3 is 5.97 Å². The van der Waals surface area contributed by atoms with Crippen LogP contribution in [0.1, 0.15) is 12.0 Å². The molecule has 1 N–H and O–H groups in total. The van der Waals surface area contributed by atoms with Crippen molar-refractivity contribution in [2.24, 2.45) is 0 Å². The van der Waals surface area contributed by atoms with Crippen LogP contribution in [0.5, 0.6) is 0 Å². The van der Waals surface area contributed by atoms with E-state index in [2.05, 4.69) is 10.00 Å². The van der Waals surface area contributed by atoms with Gasteiger partial charge in [0.15, 0.2) is 0 Å². The Hall–Kier alpha value is -1.40. The van der Waals surface area contributed by atoms with Crippen molar-refractivity contribution >= 4 is 5.97 Å². The summed E-state index contributed by atoms with van der Waals surface area (Å²) in [6.45, 7) is 5.87. The molecule has 0 saturated carbocycles. The summed E-state index contributed by atoms with van der Waals surface area (Å²) < 4.78 is 7.34. The number of hydrogen-bond donors (Lipinski definition) is 1. The Labute approximate surface area is 106 Å². The standard InChI is InChI=1S/C12H19N3O3/c1-10-7-13-15(8-10)3-2-14-4-5-18-11(9-14)6-12(16)17/h7-8,11H,2-6,9H2,1H3,(H,16,17). The molecule has 0 aliphatic carbocycles. The van der Waals surface area contributed by atoms with E-state index in [9.17, 15) is 4.79 Å². The maximum atomic E-state index is 10.6. The van der Waals surface area contributed by atoms with E-state index in [0.29, 0.717) is 13.2 Å². The minimum Gasteiger partial charge on any atom is -0.481 e. The van der Waals surface area contributed by atoms with Crippen LogP contribution < -0.4 is 0 Å². The van der Waals surface area contributed by atoms with Gasteiger partial charge in [-0.25, -0.2) is 0 Å². The Balaban J connectivity index is 1.77. The highest BCUT2D eigenvalue weighted by atomic mass is 16.5. The monoisotopic (exact) mass is 253 g/mol. The fraction of sp³-hybridized carbons (Fsp3) is 0.667. The Bertz CT molecular complexity index is 405. The maximum Gasteiger partial charge on any atom is 0.306 e. The maximum absolute atomic E-state index is 10.6. The van der Waals surface area contributed by atoms with E-state index >= 15 is 0 Å². The number of rotatable bonds is 5. The van der Waals surface area contributed by atoms with E-state index in [1.807, 2.05) is 24.0 Å². The number of morpholine rings is 1. The predicted molar refractivity (Wildman–Crippen MR) is 65.4 cm³/mol. The van der Waals surface area contributed by atoms with Crippen molar-refractivity contribution < 1.29 is 14.6 Å². The van der Waals surface area contributed by atoms with Crippen molar-refractivity contribution in [2.75, 3.05) is 26.2 Å². The van der Waals surface area contributed by atoms with Crippen LogP contribution in [0.4, 0.5) is 0 Å². The lowest BCUT2D eigenvalue weighted by atomic mass is 10.2. The van der Waals surface area contributed by atoms with Crippen LogP contribution in [-0.2, 0) is 16.1 Å². The lowest BCUT2D eigenvalue weighted by molar-refractivity contribution is -0.142. The lowest BCUT2D eigenvalue weighted by Gasteiger charge is -2.32. The van der Waals surface area contributed by atoms with Gasteiger partial charge in [-0.2, -0.15) is 5.10 Å². The molecule has 0 spiro atoms. The zero-order valence-corrected chi connectivity index (χ0v) is 10.6. The second kappa shape index (κ2) is 5.97. The number of ether oxygens (including phenoxy) is 1. The Kier molecular flexibility index (Phi) is 4.33. The Morgan fingerprint density at radius 1 is 1.61 bits per heavy atom. The normalized spacial score (nSPS) is 21.1. The van der Waals surface area contributed by atoms with E-state index < -0.39 is 5.97 Å². The first-order valence-electron chi connectivity index (χ1n) is 6.18. The quantitative estimate of drug-likeness (QED) is 0.821. The van der Waals surface area contributed by atoms with Crippen molar-refractivity contribution in [3.63, 3.8) is 0 Å². The molecule has 1 atom stereocenters. The van der Waals surface area contributed by atoms with Gasteiger partial charge in [-0.3, -0.25) is 14.4 Å². The summed E-state index contributed by atoms with van der Waals surface area (Å²) in [5.41, 5.74) is 1.15. The molecule has 6 heteroatoms. The van der Waals surface area contributed by atoms with Gasteiger partial charge in [0.25, 0.3) is 0 Å². The molecule has 1 unspecified atom stereocenters. The number of nitrogens with zero attached hydrogens (tertiary/aromatic N) is 3. The summed E-state index contributed by atoms with van der Waals surface area (Å²) in [6.07, 6.45) is 3.75. The van der Waals surface area contributed by atoms with Gasteiger partial charge in [0.2, 0.25) is 0 Å². The summed E-state index contributed by atoms with van der Waals surface area (Å²) in [7, 11) is 0. The molecule has 6 nitrogen and oxygen atoms in total. The largest absolute Gasteiger partial charge is 0.481 e. The van der Waals surface area contributed by atoms with Gasteiger partial charge in [0.05, 0.1) is 31.9 Å². The third-order valence-corrected chi connectivity index (χ3v) is 3.03. The van der Waals surface area contributed by atoms with Gasteiger partial charge in [0, 0.05) is 25.8 Å². The van der Waals surface area contributed by atoms with Gasteiger partial charge in [0.1, 0.15) is 0 Å². The van der Waals surface area contributed by atoms with Crippen LogP contribution in [0.2, 0.25) is 0 Å². The summed E-state index contributed by atoms with van der Waals surface area (Å²) in [4.78, 5) is 12.9. The molecule has 2 rings (SSSR count). The third-order valence-electron chi connectivity index (χ3n) is 3.03. The number of aryl methyl sites for hydroxylation is 1. The average Bonchev–Trinajstić information content (AvgIpc) is 2.72. The Morgan fingerprint density at radius 2 is 2.44 bits per heavy atom. The second-order valence-electron chi connectivity index (χ2n) is 4.67. The van der Waals surface area contributed by atoms with E-state index in [1.54, 1.807) is 0 Å². The minimum absolute atomic E-state index is 0.0807. The van der Waals surface area contributed by atoms with E-state index in [1.165, 1.54) is 0 Å². The molecule has 1 aliphatic rings. The number of carboxylic acid groups (broad SMARTS) is 1. The SMILES string of the molecule is Cc1cnn(CCN2CCOC(CC(=O)O)C2)c1. The van der Waals surface area contributed by atoms with Crippen LogP contribution >= 0.6 is 0 Å². The van der Waals surface area contributed by atoms with Crippen LogP contribution in [0.3, 0.4) is 0 Å². The summed E-state index contributed by atoms with van der Waals surface area (Å²) >= 11 is 0. The number of carboxylic acids is 1. The van der Waals surface area contributed by atoms with Crippen LogP contribution in [0, 0.1) is 6.92 Å². The first-order valence-corrected chi connectivity index (χ1v) is 6.18. The molecule has 18 heavy (non-hydrogen) atoms. The van der Waals surface area contributed by atoms with Crippen LogP contribution in [0.15, 0.2) is 12.4 Å². The second-order valence-corrected chi connectivity index (χ2v) is 4.67. The summed E-state index contributed by atoms with van der Waals surface area (Å²) in [5.74, 6) is -0.801. The highest BCUT2D eigenvalue weighted by molar-refractivity contribution is 5.67. The molecule has 100 valence electrons. The summed E-state index contributed by atoms with van der Waals surface area (Å²) in [6, 6.07) is 0. The molecule has 1 aromatic rings. The third kappa shape index (κ3) is 3.82. The number of carbonyl (C=O) groups is 1. The lowest BCUT2D eigenvalue weighted by Crippen LogP contribution is -2.44. The molecule has 1 saturated heterocycles. The van der Waals surface area contributed by atoms with E-state index in [0.717, 1.165) is 25.2 Å². The number of hydrogen-bond acceptors (Lipinski definition) is 4. The molecule has 0 amide bonds. The summed E-state index contributed by atoms with van der Waals surface area (Å²) in [5, 5.41) is 13.0. The van der Waals surface area contributed by atoms with Crippen molar-refractivity contribution in [2.45, 2.75) is 26.0 Å². The average molecular weight is 253 g/mol. The van der Waals surface area contributed by atoms with E-state index in [-0.39, 0.29) is 12.5 Å². The smallest absolute Gasteiger partial charge is 0.306 e.